The average Bonchev–Trinajstić information content (AvgIpc) is 3.09. The van der Waals surface area contributed by atoms with Gasteiger partial charge >= 0.3 is 0 Å². The van der Waals surface area contributed by atoms with E-state index in [4.69, 9.17) is 0 Å². The maximum absolute atomic E-state index is 12.4. The summed E-state index contributed by atoms with van der Waals surface area (Å²) in [5, 5.41) is 4.20. The molecule has 3 nitrogen and oxygen atoms in total. The van der Waals surface area contributed by atoms with Crippen molar-refractivity contribution in [1.82, 2.24) is 9.88 Å². The summed E-state index contributed by atoms with van der Waals surface area (Å²) in [6.45, 7) is 0.829. The first-order valence-corrected chi connectivity index (χ1v) is 7.04. The third-order valence-corrected chi connectivity index (χ3v) is 4.03. The van der Waals surface area contributed by atoms with Crippen LogP contribution in [-0.2, 0) is 0 Å². The Morgan fingerprint density at radius 1 is 1.39 bits per heavy atom. The van der Waals surface area contributed by atoms with Gasteiger partial charge in [-0.3, -0.25) is 9.78 Å². The summed E-state index contributed by atoms with van der Waals surface area (Å²) < 4.78 is 0. The highest BCUT2D eigenvalue weighted by Gasteiger charge is 2.31. The number of likely N-dealkylation sites (tertiary alicyclic amines) is 1. The van der Waals surface area contributed by atoms with Gasteiger partial charge in [-0.2, -0.15) is 11.3 Å². The highest BCUT2D eigenvalue weighted by Crippen LogP contribution is 2.33. The molecular weight excluding hydrogens is 244 g/mol. The van der Waals surface area contributed by atoms with E-state index in [9.17, 15) is 4.79 Å². The number of hydrogen-bond donors (Lipinski definition) is 0. The molecule has 1 aliphatic heterocycles. The van der Waals surface area contributed by atoms with E-state index in [1.54, 1.807) is 23.6 Å². The molecule has 1 fully saturated rings. The van der Waals surface area contributed by atoms with Crippen LogP contribution in [0.1, 0.15) is 34.9 Å². The van der Waals surface area contributed by atoms with Gasteiger partial charge in [0.2, 0.25) is 0 Å². The Bertz CT molecular complexity index is 524. The molecule has 0 N–H and O–H groups in total. The molecule has 92 valence electrons. The van der Waals surface area contributed by atoms with Gasteiger partial charge in [-0.25, -0.2) is 0 Å². The van der Waals surface area contributed by atoms with Gasteiger partial charge in [0, 0.05) is 12.7 Å². The molecule has 0 unspecified atom stereocenters. The molecule has 4 heteroatoms. The SMILES string of the molecule is O=C(c1ccccn1)N1CCC[C@@H]1c1ccsc1. The molecule has 18 heavy (non-hydrogen) atoms. The van der Waals surface area contributed by atoms with Gasteiger partial charge in [-0.05, 0) is 47.4 Å². The second-order valence-electron chi connectivity index (χ2n) is 4.43. The van der Waals surface area contributed by atoms with E-state index >= 15 is 0 Å². The predicted molar refractivity (Wildman–Crippen MR) is 71.6 cm³/mol. The first-order chi connectivity index (χ1) is 8.86. The van der Waals surface area contributed by atoms with E-state index in [0.29, 0.717) is 5.69 Å². The Hall–Kier alpha value is -1.68. The maximum atomic E-state index is 12.4. The van der Waals surface area contributed by atoms with Gasteiger partial charge < -0.3 is 4.90 Å². The third-order valence-electron chi connectivity index (χ3n) is 3.33. The van der Waals surface area contributed by atoms with E-state index in [0.717, 1.165) is 19.4 Å². The highest BCUT2D eigenvalue weighted by atomic mass is 32.1. The van der Waals surface area contributed by atoms with Crippen molar-refractivity contribution in [1.29, 1.82) is 0 Å². The molecule has 2 aromatic rings. The molecule has 0 aliphatic carbocycles. The minimum atomic E-state index is 0.0456. The van der Waals surface area contributed by atoms with E-state index in [1.165, 1.54) is 5.56 Å². The van der Waals surface area contributed by atoms with Crippen molar-refractivity contribution in [2.75, 3.05) is 6.54 Å². The summed E-state index contributed by atoms with van der Waals surface area (Å²) in [6.07, 6.45) is 3.79. The van der Waals surface area contributed by atoms with Crippen LogP contribution in [0.4, 0.5) is 0 Å². The lowest BCUT2D eigenvalue weighted by Crippen LogP contribution is -2.30. The van der Waals surface area contributed by atoms with Crippen LogP contribution in [0.25, 0.3) is 0 Å². The molecule has 1 atom stereocenters. The number of aromatic nitrogens is 1. The fourth-order valence-corrected chi connectivity index (χ4v) is 3.16. The van der Waals surface area contributed by atoms with Crippen molar-refractivity contribution in [3.63, 3.8) is 0 Å². The van der Waals surface area contributed by atoms with E-state index < -0.39 is 0 Å². The summed E-state index contributed by atoms with van der Waals surface area (Å²) >= 11 is 1.68. The molecule has 1 saturated heterocycles. The van der Waals surface area contributed by atoms with E-state index in [2.05, 4.69) is 21.8 Å². The molecule has 2 aromatic heterocycles. The number of nitrogens with zero attached hydrogens (tertiary/aromatic N) is 2. The molecule has 0 spiro atoms. The van der Waals surface area contributed by atoms with Crippen molar-refractivity contribution in [3.8, 4) is 0 Å². The Kier molecular flexibility index (Phi) is 3.11. The third kappa shape index (κ3) is 2.04. The zero-order chi connectivity index (χ0) is 12.4. The van der Waals surface area contributed by atoms with E-state index in [-0.39, 0.29) is 11.9 Å². The van der Waals surface area contributed by atoms with Gasteiger partial charge in [0.1, 0.15) is 5.69 Å². The number of thiophene rings is 1. The van der Waals surface area contributed by atoms with Crippen molar-refractivity contribution >= 4 is 17.2 Å². The van der Waals surface area contributed by atoms with Crippen LogP contribution in [0.15, 0.2) is 41.2 Å². The lowest BCUT2D eigenvalue weighted by atomic mass is 10.1. The van der Waals surface area contributed by atoms with Crippen LogP contribution in [0.5, 0.6) is 0 Å². The maximum Gasteiger partial charge on any atom is 0.272 e. The second kappa shape index (κ2) is 4.90. The zero-order valence-corrected chi connectivity index (χ0v) is 10.8. The van der Waals surface area contributed by atoms with Crippen molar-refractivity contribution in [3.05, 3.63) is 52.5 Å². The van der Waals surface area contributed by atoms with Crippen molar-refractivity contribution in [2.24, 2.45) is 0 Å². The number of pyridine rings is 1. The monoisotopic (exact) mass is 258 g/mol. The molecule has 0 radical (unpaired) electrons. The lowest BCUT2D eigenvalue weighted by Gasteiger charge is -2.23. The van der Waals surface area contributed by atoms with Crippen LogP contribution in [0.2, 0.25) is 0 Å². The summed E-state index contributed by atoms with van der Waals surface area (Å²) in [4.78, 5) is 18.5. The largest absolute Gasteiger partial charge is 0.330 e. The Morgan fingerprint density at radius 3 is 3.06 bits per heavy atom. The molecule has 1 aliphatic rings. The standard InChI is InChI=1S/C14H14N2OS/c17-14(12-4-1-2-7-15-12)16-8-3-5-13(16)11-6-9-18-10-11/h1-2,4,6-7,9-10,13H,3,5,8H2/t13-/m1/s1. The quantitative estimate of drug-likeness (QED) is 0.829. The van der Waals surface area contributed by atoms with Crippen LogP contribution >= 0.6 is 11.3 Å². The molecule has 0 saturated carbocycles. The number of hydrogen-bond acceptors (Lipinski definition) is 3. The number of carbonyl (C=O) groups is 1. The summed E-state index contributed by atoms with van der Waals surface area (Å²) in [5.74, 6) is 0.0456. The smallest absolute Gasteiger partial charge is 0.272 e. The Morgan fingerprint density at radius 2 is 2.33 bits per heavy atom. The fraction of sp³-hybridized carbons (Fsp3) is 0.286. The minimum Gasteiger partial charge on any atom is -0.330 e. The summed E-state index contributed by atoms with van der Waals surface area (Å²) in [6, 6.07) is 7.81. The van der Waals surface area contributed by atoms with Crippen molar-refractivity contribution < 1.29 is 4.79 Å². The lowest BCUT2D eigenvalue weighted by molar-refractivity contribution is 0.0730. The average molecular weight is 258 g/mol. The zero-order valence-electron chi connectivity index (χ0n) is 9.95. The fourth-order valence-electron chi connectivity index (χ4n) is 2.46. The van der Waals surface area contributed by atoms with Gasteiger partial charge in [0.15, 0.2) is 0 Å². The first kappa shape index (κ1) is 11.4. The normalized spacial score (nSPS) is 19.1. The second-order valence-corrected chi connectivity index (χ2v) is 5.21. The molecule has 1 amide bonds. The van der Waals surface area contributed by atoms with Crippen LogP contribution in [0, 0.1) is 0 Å². The molecule has 3 heterocycles. The van der Waals surface area contributed by atoms with Gasteiger partial charge in [-0.15, -0.1) is 0 Å². The van der Waals surface area contributed by atoms with Crippen LogP contribution < -0.4 is 0 Å². The van der Waals surface area contributed by atoms with Gasteiger partial charge in [0.25, 0.3) is 5.91 Å². The summed E-state index contributed by atoms with van der Waals surface area (Å²) in [5.41, 5.74) is 1.79. The minimum absolute atomic E-state index is 0.0456. The van der Waals surface area contributed by atoms with E-state index in [1.807, 2.05) is 17.0 Å². The topological polar surface area (TPSA) is 33.2 Å². The van der Waals surface area contributed by atoms with Gasteiger partial charge in [-0.1, -0.05) is 6.07 Å². The van der Waals surface area contributed by atoms with Gasteiger partial charge in [0.05, 0.1) is 6.04 Å². The number of carbonyl (C=O) groups excluding carboxylic acids is 1. The van der Waals surface area contributed by atoms with Crippen LogP contribution in [0.3, 0.4) is 0 Å². The summed E-state index contributed by atoms with van der Waals surface area (Å²) in [7, 11) is 0. The Balaban J connectivity index is 1.85. The molecule has 3 rings (SSSR count). The highest BCUT2D eigenvalue weighted by molar-refractivity contribution is 7.07. The first-order valence-electron chi connectivity index (χ1n) is 6.10. The molecule has 0 aromatic carbocycles. The molecule has 0 bridgehead atoms. The number of amides is 1. The van der Waals surface area contributed by atoms with Crippen LogP contribution in [-0.4, -0.2) is 22.3 Å². The predicted octanol–water partition coefficient (Wildman–Crippen LogP) is 3.12. The molecular formula is C14H14N2OS. The number of rotatable bonds is 2. The van der Waals surface area contributed by atoms with Crippen molar-refractivity contribution in [2.45, 2.75) is 18.9 Å². The Labute approximate surface area is 110 Å².